The van der Waals surface area contributed by atoms with Crippen LogP contribution in [0, 0.1) is 11.6 Å². The van der Waals surface area contributed by atoms with E-state index in [9.17, 15) is 8.78 Å². The van der Waals surface area contributed by atoms with Crippen LogP contribution in [0.15, 0.2) is 42.9 Å². The van der Waals surface area contributed by atoms with Crippen molar-refractivity contribution in [2.45, 2.75) is 45.6 Å². The van der Waals surface area contributed by atoms with E-state index in [0.717, 1.165) is 55.8 Å². The topological polar surface area (TPSA) is 90.2 Å². The van der Waals surface area contributed by atoms with Crippen LogP contribution in [-0.4, -0.2) is 62.5 Å². The Hall–Kier alpha value is -4.12. The summed E-state index contributed by atoms with van der Waals surface area (Å²) in [6.07, 6.45) is 10.0. The second kappa shape index (κ2) is 12.2. The van der Waals surface area contributed by atoms with Gasteiger partial charge in [0, 0.05) is 53.6 Å². The smallest absolute Gasteiger partial charge is 0.182 e. The molecule has 0 atom stereocenters. The fraction of sp³-hybridized carbons (Fsp3) is 0.400. The first kappa shape index (κ1) is 27.1. The first-order valence-corrected chi connectivity index (χ1v) is 14.2. The number of ether oxygens (including phenoxy) is 2. The average molecular weight is 562 g/mol. The Kier molecular flexibility index (Phi) is 8.04. The van der Waals surface area contributed by atoms with Gasteiger partial charge >= 0.3 is 0 Å². The Balaban J connectivity index is 1.30. The molecule has 6 rings (SSSR count). The summed E-state index contributed by atoms with van der Waals surface area (Å²) in [5.41, 5.74) is 3.33. The van der Waals surface area contributed by atoms with Crippen molar-refractivity contribution in [3.63, 3.8) is 0 Å². The van der Waals surface area contributed by atoms with Gasteiger partial charge in [-0.1, -0.05) is 0 Å². The van der Waals surface area contributed by atoms with E-state index in [0.29, 0.717) is 36.3 Å². The van der Waals surface area contributed by atoms with E-state index in [2.05, 4.69) is 20.2 Å². The van der Waals surface area contributed by atoms with Gasteiger partial charge in [0.1, 0.15) is 29.7 Å². The molecular formula is C30H33F2N7O2. The van der Waals surface area contributed by atoms with Crippen molar-refractivity contribution in [3.05, 3.63) is 71.3 Å². The Morgan fingerprint density at radius 2 is 1.78 bits per heavy atom. The first-order valence-electron chi connectivity index (χ1n) is 14.2. The third-order valence-electron chi connectivity index (χ3n) is 7.51. The van der Waals surface area contributed by atoms with Crippen molar-refractivity contribution in [1.82, 2.24) is 29.6 Å². The number of fused-ring (bicyclic) bond motifs is 1. The number of pyridine rings is 1. The molecule has 0 spiro atoms. The lowest BCUT2D eigenvalue weighted by Gasteiger charge is -2.17. The minimum absolute atomic E-state index is 0.0355. The summed E-state index contributed by atoms with van der Waals surface area (Å²) in [5, 5.41) is 8.10. The van der Waals surface area contributed by atoms with Gasteiger partial charge in [0.15, 0.2) is 17.4 Å². The minimum Gasteiger partial charge on any atom is -0.494 e. The molecule has 9 nitrogen and oxygen atoms in total. The number of likely N-dealkylation sites (tertiary alicyclic amines) is 1. The zero-order valence-corrected chi connectivity index (χ0v) is 23.1. The summed E-state index contributed by atoms with van der Waals surface area (Å²) >= 11 is 0. The predicted molar refractivity (Wildman–Crippen MR) is 151 cm³/mol. The van der Waals surface area contributed by atoms with Crippen LogP contribution < -0.4 is 14.8 Å². The van der Waals surface area contributed by atoms with Gasteiger partial charge in [-0.2, -0.15) is 5.10 Å². The fourth-order valence-electron chi connectivity index (χ4n) is 5.49. The number of anilines is 2. The highest BCUT2D eigenvalue weighted by Crippen LogP contribution is 2.34. The van der Waals surface area contributed by atoms with Crippen LogP contribution in [0.4, 0.5) is 20.3 Å². The highest BCUT2D eigenvalue weighted by molar-refractivity contribution is 5.66. The van der Waals surface area contributed by atoms with Crippen LogP contribution in [0.5, 0.6) is 11.5 Å². The van der Waals surface area contributed by atoms with E-state index in [1.54, 1.807) is 30.2 Å². The van der Waals surface area contributed by atoms with Crippen molar-refractivity contribution >= 4 is 11.5 Å². The number of hydrogen-bond donors (Lipinski definition) is 1. The zero-order chi connectivity index (χ0) is 28.2. The molecule has 1 aliphatic carbocycles. The summed E-state index contributed by atoms with van der Waals surface area (Å²) < 4.78 is 42.9. The molecule has 0 unspecified atom stereocenters. The van der Waals surface area contributed by atoms with Gasteiger partial charge in [0.25, 0.3) is 0 Å². The molecule has 1 aliphatic heterocycles. The maximum absolute atomic E-state index is 14.9. The van der Waals surface area contributed by atoms with E-state index >= 15 is 0 Å². The molecule has 0 saturated carbocycles. The molecule has 3 aromatic heterocycles. The quantitative estimate of drug-likeness (QED) is 0.268. The average Bonchev–Trinajstić information content (AvgIpc) is 3.72. The summed E-state index contributed by atoms with van der Waals surface area (Å²) in [7, 11) is 0. The molecule has 1 N–H and O–H groups in total. The number of nitrogens with one attached hydrogen (secondary N) is 1. The number of aromatic nitrogens is 5. The van der Waals surface area contributed by atoms with Crippen LogP contribution in [-0.2, 0) is 19.4 Å². The number of benzene rings is 1. The monoisotopic (exact) mass is 561 g/mol. The van der Waals surface area contributed by atoms with Crippen molar-refractivity contribution in [2.24, 2.45) is 0 Å². The summed E-state index contributed by atoms with van der Waals surface area (Å²) in [6, 6.07) is 6.13. The molecule has 214 valence electrons. The SMILES string of the molecule is CCOc1cc(F)c(Cn2nc(-c3ncc(OCCN4CCCC4)c(Nc4ccncc4)n3)c3c2CCC3)c(F)c1. The van der Waals surface area contributed by atoms with Crippen molar-refractivity contribution < 1.29 is 18.3 Å². The molecule has 1 fully saturated rings. The van der Waals surface area contributed by atoms with Crippen LogP contribution in [0.2, 0.25) is 0 Å². The highest BCUT2D eigenvalue weighted by Gasteiger charge is 2.27. The molecule has 0 amide bonds. The van der Waals surface area contributed by atoms with Gasteiger partial charge in [0.2, 0.25) is 0 Å². The maximum atomic E-state index is 14.9. The minimum atomic E-state index is -0.659. The lowest BCUT2D eigenvalue weighted by Crippen LogP contribution is -2.25. The Morgan fingerprint density at radius 3 is 2.54 bits per heavy atom. The number of hydrogen-bond acceptors (Lipinski definition) is 8. The van der Waals surface area contributed by atoms with Gasteiger partial charge < -0.3 is 14.8 Å². The number of halogens is 2. The van der Waals surface area contributed by atoms with Gasteiger partial charge in [0.05, 0.1) is 19.3 Å². The fourth-order valence-corrected chi connectivity index (χ4v) is 5.49. The van der Waals surface area contributed by atoms with E-state index in [-0.39, 0.29) is 17.9 Å². The van der Waals surface area contributed by atoms with Gasteiger partial charge in [-0.25, -0.2) is 18.7 Å². The summed E-state index contributed by atoms with van der Waals surface area (Å²) in [5.74, 6) is 0.341. The van der Waals surface area contributed by atoms with Crippen LogP contribution >= 0.6 is 0 Å². The highest BCUT2D eigenvalue weighted by atomic mass is 19.1. The Morgan fingerprint density at radius 1 is 1.00 bits per heavy atom. The second-order valence-corrected chi connectivity index (χ2v) is 10.2. The molecule has 0 radical (unpaired) electrons. The summed E-state index contributed by atoms with van der Waals surface area (Å²) in [6.45, 7) is 5.62. The number of rotatable bonds is 11. The van der Waals surface area contributed by atoms with E-state index in [1.165, 1.54) is 25.0 Å². The second-order valence-electron chi connectivity index (χ2n) is 10.2. The molecule has 1 saturated heterocycles. The Labute approximate surface area is 237 Å². The third-order valence-corrected chi connectivity index (χ3v) is 7.51. The van der Waals surface area contributed by atoms with Crippen molar-refractivity contribution in [3.8, 4) is 23.0 Å². The molecular weight excluding hydrogens is 528 g/mol. The van der Waals surface area contributed by atoms with Crippen LogP contribution in [0.25, 0.3) is 11.5 Å². The lowest BCUT2D eigenvalue weighted by atomic mass is 10.1. The van der Waals surface area contributed by atoms with Gasteiger partial charge in [-0.05, 0) is 64.3 Å². The molecule has 11 heteroatoms. The maximum Gasteiger partial charge on any atom is 0.182 e. The third kappa shape index (κ3) is 6.00. The molecule has 1 aromatic carbocycles. The molecule has 41 heavy (non-hydrogen) atoms. The Bertz CT molecular complexity index is 1480. The summed E-state index contributed by atoms with van der Waals surface area (Å²) in [4.78, 5) is 15.9. The predicted octanol–water partition coefficient (Wildman–Crippen LogP) is 5.17. The van der Waals surface area contributed by atoms with E-state index in [4.69, 9.17) is 19.6 Å². The normalized spacial score (nSPS) is 14.8. The lowest BCUT2D eigenvalue weighted by molar-refractivity contribution is 0.237. The molecule has 2 aliphatic rings. The van der Waals surface area contributed by atoms with Gasteiger partial charge in [-0.3, -0.25) is 14.6 Å². The first-order chi connectivity index (χ1) is 20.1. The van der Waals surface area contributed by atoms with Crippen molar-refractivity contribution in [2.75, 3.05) is 38.2 Å². The number of nitrogens with zero attached hydrogens (tertiary/aromatic N) is 6. The van der Waals surface area contributed by atoms with E-state index < -0.39 is 11.6 Å². The van der Waals surface area contributed by atoms with E-state index in [1.807, 2.05) is 12.1 Å². The standard InChI is InChI=1S/C30H33F2N7O2/c1-2-40-21-16-24(31)23(25(32)17-21)19-39-26-7-5-6-22(26)28(37-39)30-34-18-27(41-15-14-38-12-3-4-13-38)29(36-30)35-20-8-10-33-11-9-20/h8-11,16-18H,2-7,12-15,19H2,1H3,(H,33,34,35,36). The largest absolute Gasteiger partial charge is 0.494 e. The molecule has 4 heterocycles. The zero-order valence-electron chi connectivity index (χ0n) is 23.1. The van der Waals surface area contributed by atoms with Crippen molar-refractivity contribution in [1.29, 1.82) is 0 Å². The molecule has 0 bridgehead atoms. The van der Waals surface area contributed by atoms with Crippen LogP contribution in [0.3, 0.4) is 0 Å². The van der Waals surface area contributed by atoms with Crippen LogP contribution in [0.1, 0.15) is 43.0 Å². The molecule has 4 aromatic rings. The van der Waals surface area contributed by atoms with Gasteiger partial charge in [-0.15, -0.1) is 0 Å².